The third-order valence-electron chi connectivity index (χ3n) is 3.05. The van der Waals surface area contributed by atoms with Gasteiger partial charge < -0.3 is 14.7 Å². The molecule has 1 aromatic rings. The highest BCUT2D eigenvalue weighted by molar-refractivity contribution is 7.99. The molecule has 1 aliphatic heterocycles. The van der Waals surface area contributed by atoms with E-state index in [4.69, 9.17) is 4.74 Å². The highest BCUT2D eigenvalue weighted by Gasteiger charge is 2.41. The van der Waals surface area contributed by atoms with Gasteiger partial charge in [-0.15, -0.1) is 11.8 Å². The Kier molecular flexibility index (Phi) is 3.99. The normalized spacial score (nSPS) is 22.3. The Labute approximate surface area is 115 Å². The van der Waals surface area contributed by atoms with Gasteiger partial charge in [-0.05, 0) is 6.07 Å². The molecule has 19 heavy (non-hydrogen) atoms. The summed E-state index contributed by atoms with van der Waals surface area (Å²) in [4.78, 5) is 24.4. The number of benzene rings is 1. The smallest absolute Gasteiger partial charge is 0.327 e. The fraction of sp³-hybridized carbons (Fsp3) is 0.385. The molecule has 1 aromatic carbocycles. The van der Waals surface area contributed by atoms with Gasteiger partial charge in [-0.25, -0.2) is 4.79 Å². The second-order valence-electron chi connectivity index (χ2n) is 4.21. The molecule has 6 heteroatoms. The van der Waals surface area contributed by atoms with E-state index in [1.54, 1.807) is 7.11 Å². The monoisotopic (exact) mass is 281 g/mol. The lowest BCUT2D eigenvalue weighted by Gasteiger charge is -2.27. The van der Waals surface area contributed by atoms with Crippen LogP contribution >= 0.6 is 11.8 Å². The van der Waals surface area contributed by atoms with Crippen molar-refractivity contribution in [3.05, 3.63) is 29.8 Å². The molecule has 0 bridgehead atoms. The maximum absolute atomic E-state index is 11.8. The van der Waals surface area contributed by atoms with Crippen molar-refractivity contribution in [3.63, 3.8) is 0 Å². The number of hydrogen-bond acceptors (Lipinski definition) is 4. The van der Waals surface area contributed by atoms with Crippen LogP contribution in [0.2, 0.25) is 0 Å². The van der Waals surface area contributed by atoms with Gasteiger partial charge in [0.2, 0.25) is 5.91 Å². The number of para-hydroxylation sites is 1. The van der Waals surface area contributed by atoms with Crippen molar-refractivity contribution in [1.29, 1.82) is 0 Å². The summed E-state index contributed by atoms with van der Waals surface area (Å²) < 4.78 is 5.28. The van der Waals surface area contributed by atoms with Gasteiger partial charge in [0, 0.05) is 18.2 Å². The van der Waals surface area contributed by atoms with Crippen LogP contribution in [0.15, 0.2) is 24.3 Å². The molecule has 0 aromatic heterocycles. The van der Waals surface area contributed by atoms with E-state index in [1.165, 1.54) is 23.6 Å². The maximum Gasteiger partial charge on any atom is 0.327 e. The third-order valence-corrected chi connectivity index (χ3v) is 4.36. The van der Waals surface area contributed by atoms with Gasteiger partial charge in [-0.1, -0.05) is 18.2 Å². The van der Waals surface area contributed by atoms with E-state index in [2.05, 4.69) is 0 Å². The molecular weight excluding hydrogens is 266 g/mol. The fourth-order valence-corrected chi connectivity index (χ4v) is 3.69. The zero-order chi connectivity index (χ0) is 14.0. The topological polar surface area (TPSA) is 66.8 Å². The van der Waals surface area contributed by atoms with Crippen molar-refractivity contribution in [2.75, 3.05) is 12.9 Å². The first-order valence-corrected chi connectivity index (χ1v) is 6.87. The molecule has 1 fully saturated rings. The quantitative estimate of drug-likeness (QED) is 0.914. The van der Waals surface area contributed by atoms with E-state index in [-0.39, 0.29) is 11.3 Å². The number of thioether (sulfide) groups is 1. The average molecular weight is 281 g/mol. The number of ether oxygens (including phenoxy) is 1. The minimum Gasteiger partial charge on any atom is -0.496 e. The summed E-state index contributed by atoms with van der Waals surface area (Å²) in [6.07, 6.45) is 0. The zero-order valence-corrected chi connectivity index (χ0v) is 11.5. The molecule has 2 rings (SSSR count). The number of methoxy groups -OCH3 is 1. The van der Waals surface area contributed by atoms with Crippen LogP contribution < -0.4 is 4.74 Å². The molecule has 0 saturated carbocycles. The fourth-order valence-electron chi connectivity index (χ4n) is 2.19. The predicted molar refractivity (Wildman–Crippen MR) is 72.1 cm³/mol. The molecule has 1 N–H and O–H groups in total. The highest BCUT2D eigenvalue weighted by atomic mass is 32.2. The first kappa shape index (κ1) is 13.7. The second-order valence-corrected chi connectivity index (χ2v) is 5.32. The minimum absolute atomic E-state index is 0.242. The van der Waals surface area contributed by atoms with Gasteiger partial charge >= 0.3 is 5.97 Å². The summed E-state index contributed by atoms with van der Waals surface area (Å²) in [5, 5.41) is 8.87. The molecule has 5 nitrogen and oxygen atoms in total. The van der Waals surface area contributed by atoms with Gasteiger partial charge in [-0.3, -0.25) is 4.79 Å². The van der Waals surface area contributed by atoms with Crippen LogP contribution in [-0.4, -0.2) is 40.8 Å². The average Bonchev–Trinajstić information content (AvgIpc) is 2.83. The summed E-state index contributed by atoms with van der Waals surface area (Å²) in [6.45, 7) is 1.39. The Morgan fingerprint density at radius 2 is 2.11 bits per heavy atom. The first-order chi connectivity index (χ1) is 9.06. The van der Waals surface area contributed by atoms with Crippen LogP contribution in [0.25, 0.3) is 0 Å². The van der Waals surface area contributed by atoms with Crippen LogP contribution in [0.3, 0.4) is 0 Å². The summed E-state index contributed by atoms with van der Waals surface area (Å²) in [5.41, 5.74) is 0.828. The number of carboxylic acids is 1. The van der Waals surface area contributed by atoms with Crippen molar-refractivity contribution in [2.24, 2.45) is 0 Å². The van der Waals surface area contributed by atoms with Gasteiger partial charge in [0.05, 0.1) is 7.11 Å². The summed E-state index contributed by atoms with van der Waals surface area (Å²) in [5.74, 6) is -0.164. The van der Waals surface area contributed by atoms with Crippen LogP contribution in [0, 0.1) is 0 Å². The third kappa shape index (κ3) is 2.53. The molecule has 0 unspecified atom stereocenters. The highest BCUT2D eigenvalue weighted by Crippen LogP contribution is 2.44. The SMILES string of the molecule is COc1ccccc1[C@H]1SC[C@@H](C(=O)O)N1C(C)=O. The number of hydrogen-bond donors (Lipinski definition) is 1. The Hall–Kier alpha value is -1.69. The van der Waals surface area contributed by atoms with Crippen LogP contribution in [0.1, 0.15) is 17.9 Å². The number of aliphatic carboxylic acids is 1. The summed E-state index contributed by atoms with van der Waals surface area (Å²) in [7, 11) is 1.56. The molecule has 0 aliphatic carbocycles. The van der Waals surface area contributed by atoms with E-state index in [0.29, 0.717) is 11.5 Å². The second kappa shape index (κ2) is 5.52. The molecule has 1 heterocycles. The van der Waals surface area contributed by atoms with E-state index >= 15 is 0 Å². The zero-order valence-electron chi connectivity index (χ0n) is 10.7. The van der Waals surface area contributed by atoms with Crippen LogP contribution in [-0.2, 0) is 9.59 Å². The van der Waals surface area contributed by atoms with Crippen molar-refractivity contribution >= 4 is 23.6 Å². The van der Waals surface area contributed by atoms with Crippen LogP contribution in [0.5, 0.6) is 5.75 Å². The van der Waals surface area contributed by atoms with E-state index in [9.17, 15) is 14.7 Å². The predicted octanol–water partition coefficient (Wildman–Crippen LogP) is 1.74. The number of nitrogens with zero attached hydrogens (tertiary/aromatic N) is 1. The van der Waals surface area contributed by atoms with Crippen molar-refractivity contribution in [2.45, 2.75) is 18.3 Å². The number of amides is 1. The summed E-state index contributed by atoms with van der Waals surface area (Å²) >= 11 is 1.44. The summed E-state index contributed by atoms with van der Waals surface area (Å²) in [6, 6.07) is 6.58. The largest absolute Gasteiger partial charge is 0.496 e. The van der Waals surface area contributed by atoms with Gasteiger partial charge in [0.25, 0.3) is 0 Å². The molecule has 0 radical (unpaired) electrons. The van der Waals surface area contributed by atoms with E-state index in [0.717, 1.165) is 5.56 Å². The molecular formula is C13H15NO4S. The Morgan fingerprint density at radius 3 is 2.68 bits per heavy atom. The first-order valence-electron chi connectivity index (χ1n) is 5.82. The standard InChI is InChI=1S/C13H15NO4S/c1-8(15)14-10(13(16)17)7-19-12(14)9-5-3-4-6-11(9)18-2/h3-6,10,12H,7H2,1-2H3,(H,16,17)/t10-,12+/m0/s1. The lowest BCUT2D eigenvalue weighted by Crippen LogP contribution is -2.41. The molecule has 1 amide bonds. The number of carboxylic acid groups (broad SMARTS) is 1. The maximum atomic E-state index is 11.8. The van der Waals surface area contributed by atoms with Gasteiger partial charge in [-0.2, -0.15) is 0 Å². The molecule has 0 spiro atoms. The van der Waals surface area contributed by atoms with Crippen molar-refractivity contribution in [3.8, 4) is 5.75 Å². The lowest BCUT2D eigenvalue weighted by molar-refractivity contribution is -0.148. The van der Waals surface area contributed by atoms with Crippen molar-refractivity contribution < 1.29 is 19.4 Å². The Balaban J connectivity index is 2.39. The van der Waals surface area contributed by atoms with Crippen molar-refractivity contribution in [1.82, 2.24) is 4.90 Å². The number of rotatable bonds is 3. The minimum atomic E-state index is -0.972. The van der Waals surface area contributed by atoms with E-state index in [1.807, 2.05) is 24.3 Å². The Morgan fingerprint density at radius 1 is 1.42 bits per heavy atom. The number of carbonyl (C=O) groups excluding carboxylic acids is 1. The van der Waals surface area contributed by atoms with Gasteiger partial charge in [0.15, 0.2) is 0 Å². The number of carbonyl (C=O) groups is 2. The molecule has 102 valence electrons. The molecule has 1 aliphatic rings. The molecule has 1 saturated heterocycles. The van der Waals surface area contributed by atoms with Gasteiger partial charge in [0.1, 0.15) is 17.2 Å². The van der Waals surface area contributed by atoms with E-state index < -0.39 is 12.0 Å². The Bertz CT molecular complexity index is 505. The van der Waals surface area contributed by atoms with Crippen LogP contribution in [0.4, 0.5) is 0 Å². The lowest BCUT2D eigenvalue weighted by atomic mass is 10.1. The molecule has 2 atom stereocenters.